The monoisotopic (exact) mass is 264 g/mol. The van der Waals surface area contributed by atoms with E-state index in [4.69, 9.17) is 10.5 Å². The van der Waals surface area contributed by atoms with E-state index in [1.807, 2.05) is 13.0 Å². The summed E-state index contributed by atoms with van der Waals surface area (Å²) < 4.78 is 31.6. The number of halogens is 2. The van der Waals surface area contributed by atoms with Crippen molar-refractivity contribution in [2.24, 2.45) is 5.73 Å². The number of hydrogen-bond donors (Lipinski definition) is 1. The molecule has 0 aliphatic heterocycles. The summed E-state index contributed by atoms with van der Waals surface area (Å²) in [4.78, 5) is 4.22. The summed E-state index contributed by atoms with van der Waals surface area (Å²) in [6.07, 6.45) is 0.718. The van der Waals surface area contributed by atoms with E-state index in [2.05, 4.69) is 4.98 Å². The van der Waals surface area contributed by atoms with Gasteiger partial charge in [-0.3, -0.25) is 0 Å². The van der Waals surface area contributed by atoms with Gasteiger partial charge in [-0.2, -0.15) is 0 Å². The molecule has 2 aromatic rings. The molecule has 0 fully saturated rings. The minimum Gasteiger partial charge on any atom is -0.436 e. The van der Waals surface area contributed by atoms with Gasteiger partial charge in [0.15, 0.2) is 11.6 Å². The van der Waals surface area contributed by atoms with Gasteiger partial charge in [0.1, 0.15) is 5.82 Å². The quantitative estimate of drug-likeness (QED) is 0.922. The molecule has 0 bridgehead atoms. The van der Waals surface area contributed by atoms with Crippen LogP contribution in [0, 0.1) is 11.6 Å². The summed E-state index contributed by atoms with van der Waals surface area (Å²) in [5.41, 5.74) is 7.24. The van der Waals surface area contributed by atoms with Crippen LogP contribution in [-0.2, 0) is 13.0 Å². The molecule has 0 unspecified atom stereocenters. The molecule has 0 amide bonds. The Bertz CT molecular complexity index is 565. The fourth-order valence-electron chi connectivity index (χ4n) is 1.64. The van der Waals surface area contributed by atoms with Crippen molar-refractivity contribution < 1.29 is 13.5 Å². The maximum Gasteiger partial charge on any atom is 0.219 e. The SMILES string of the molecule is CCc1cc(CN)cc(Oc2ccc(F)cc2F)n1. The van der Waals surface area contributed by atoms with Crippen molar-refractivity contribution in [1.82, 2.24) is 4.98 Å². The molecule has 1 aromatic carbocycles. The number of aryl methyl sites for hydroxylation is 1. The first-order valence-electron chi connectivity index (χ1n) is 5.95. The molecular weight excluding hydrogens is 250 g/mol. The van der Waals surface area contributed by atoms with Crippen LogP contribution in [0.15, 0.2) is 30.3 Å². The third-order valence-electron chi connectivity index (χ3n) is 2.62. The Morgan fingerprint density at radius 1 is 1.21 bits per heavy atom. The predicted molar refractivity (Wildman–Crippen MR) is 67.9 cm³/mol. The number of aromatic nitrogens is 1. The molecule has 2 rings (SSSR count). The maximum absolute atomic E-state index is 13.5. The average molecular weight is 264 g/mol. The molecule has 0 aliphatic rings. The van der Waals surface area contributed by atoms with E-state index in [0.29, 0.717) is 6.54 Å². The zero-order valence-electron chi connectivity index (χ0n) is 10.5. The second-order valence-corrected chi connectivity index (χ2v) is 4.04. The number of pyridine rings is 1. The van der Waals surface area contributed by atoms with E-state index < -0.39 is 11.6 Å². The molecule has 2 N–H and O–H groups in total. The van der Waals surface area contributed by atoms with Crippen LogP contribution in [-0.4, -0.2) is 4.98 Å². The number of hydrogen-bond acceptors (Lipinski definition) is 3. The molecule has 0 spiro atoms. The number of rotatable bonds is 4. The van der Waals surface area contributed by atoms with Crippen LogP contribution in [0.1, 0.15) is 18.2 Å². The molecule has 3 nitrogen and oxygen atoms in total. The summed E-state index contributed by atoms with van der Waals surface area (Å²) >= 11 is 0. The first-order chi connectivity index (χ1) is 9.12. The van der Waals surface area contributed by atoms with E-state index in [1.54, 1.807) is 6.07 Å². The van der Waals surface area contributed by atoms with Gasteiger partial charge in [0.2, 0.25) is 5.88 Å². The van der Waals surface area contributed by atoms with Gasteiger partial charge in [-0.1, -0.05) is 6.92 Å². The van der Waals surface area contributed by atoms with Crippen LogP contribution >= 0.6 is 0 Å². The van der Waals surface area contributed by atoms with Gasteiger partial charge in [-0.15, -0.1) is 0 Å². The zero-order valence-corrected chi connectivity index (χ0v) is 10.5. The summed E-state index contributed by atoms with van der Waals surface area (Å²) in [7, 11) is 0. The fraction of sp³-hybridized carbons (Fsp3) is 0.214. The molecule has 0 saturated heterocycles. The third kappa shape index (κ3) is 3.26. The van der Waals surface area contributed by atoms with Crippen molar-refractivity contribution in [3.63, 3.8) is 0 Å². The lowest BCUT2D eigenvalue weighted by Gasteiger charge is -2.09. The number of ether oxygens (including phenoxy) is 1. The summed E-state index contributed by atoms with van der Waals surface area (Å²) in [6.45, 7) is 2.29. The van der Waals surface area contributed by atoms with Crippen LogP contribution in [0.25, 0.3) is 0 Å². The maximum atomic E-state index is 13.5. The van der Waals surface area contributed by atoms with Crippen molar-refractivity contribution in [1.29, 1.82) is 0 Å². The van der Waals surface area contributed by atoms with E-state index >= 15 is 0 Å². The minimum atomic E-state index is -0.766. The summed E-state index contributed by atoms with van der Waals surface area (Å²) in [5, 5.41) is 0. The molecule has 5 heteroatoms. The molecule has 1 aromatic heterocycles. The minimum absolute atomic E-state index is 0.0647. The normalized spacial score (nSPS) is 10.5. The van der Waals surface area contributed by atoms with E-state index in [1.165, 1.54) is 6.07 Å². The molecule has 19 heavy (non-hydrogen) atoms. The number of nitrogens with zero attached hydrogens (tertiary/aromatic N) is 1. The lowest BCUT2D eigenvalue weighted by atomic mass is 10.2. The van der Waals surface area contributed by atoms with Gasteiger partial charge >= 0.3 is 0 Å². The summed E-state index contributed by atoms with van der Waals surface area (Å²) in [5.74, 6) is -1.23. The molecule has 0 aliphatic carbocycles. The molecule has 0 saturated carbocycles. The van der Waals surface area contributed by atoms with Crippen LogP contribution in [0.3, 0.4) is 0 Å². The van der Waals surface area contributed by atoms with Crippen LogP contribution in [0.5, 0.6) is 11.6 Å². The first-order valence-corrected chi connectivity index (χ1v) is 5.95. The van der Waals surface area contributed by atoms with E-state index in [-0.39, 0.29) is 11.6 Å². The Hall–Kier alpha value is -2.01. The lowest BCUT2D eigenvalue weighted by molar-refractivity contribution is 0.422. The van der Waals surface area contributed by atoms with Crippen LogP contribution in [0.4, 0.5) is 8.78 Å². The first kappa shape index (κ1) is 13.4. The fourth-order valence-corrected chi connectivity index (χ4v) is 1.64. The van der Waals surface area contributed by atoms with Crippen LogP contribution < -0.4 is 10.5 Å². The van der Waals surface area contributed by atoms with Gasteiger partial charge in [-0.25, -0.2) is 13.8 Å². The van der Waals surface area contributed by atoms with E-state index in [0.717, 1.165) is 29.8 Å². The average Bonchev–Trinajstić information content (AvgIpc) is 2.41. The molecular formula is C14H14F2N2O. The second-order valence-electron chi connectivity index (χ2n) is 4.04. The van der Waals surface area contributed by atoms with Crippen LogP contribution in [0.2, 0.25) is 0 Å². The highest BCUT2D eigenvalue weighted by atomic mass is 19.1. The van der Waals surface area contributed by atoms with Gasteiger partial charge in [0.25, 0.3) is 0 Å². The van der Waals surface area contributed by atoms with Gasteiger partial charge in [0.05, 0.1) is 0 Å². The Kier molecular flexibility index (Phi) is 4.06. The predicted octanol–water partition coefficient (Wildman–Crippen LogP) is 3.17. The smallest absolute Gasteiger partial charge is 0.219 e. The van der Waals surface area contributed by atoms with Gasteiger partial charge < -0.3 is 10.5 Å². The Morgan fingerprint density at radius 3 is 2.63 bits per heavy atom. The highest BCUT2D eigenvalue weighted by Crippen LogP contribution is 2.24. The van der Waals surface area contributed by atoms with Crippen molar-refractivity contribution in [3.05, 3.63) is 53.2 Å². The Morgan fingerprint density at radius 2 is 2.00 bits per heavy atom. The third-order valence-corrected chi connectivity index (χ3v) is 2.62. The second kappa shape index (κ2) is 5.75. The van der Waals surface area contributed by atoms with Crippen molar-refractivity contribution in [2.75, 3.05) is 0 Å². The largest absolute Gasteiger partial charge is 0.436 e. The van der Waals surface area contributed by atoms with E-state index in [9.17, 15) is 8.78 Å². The topological polar surface area (TPSA) is 48.1 Å². The highest BCUT2D eigenvalue weighted by Gasteiger charge is 2.08. The summed E-state index contributed by atoms with van der Waals surface area (Å²) in [6, 6.07) is 6.64. The Balaban J connectivity index is 2.31. The van der Waals surface area contributed by atoms with Crippen molar-refractivity contribution in [3.8, 4) is 11.6 Å². The number of nitrogens with two attached hydrogens (primary N) is 1. The van der Waals surface area contributed by atoms with Gasteiger partial charge in [0, 0.05) is 24.4 Å². The lowest BCUT2D eigenvalue weighted by Crippen LogP contribution is -2.01. The van der Waals surface area contributed by atoms with Gasteiger partial charge in [-0.05, 0) is 30.2 Å². The Labute approximate surface area is 110 Å². The van der Waals surface area contributed by atoms with Crippen molar-refractivity contribution >= 4 is 0 Å². The van der Waals surface area contributed by atoms with Crippen molar-refractivity contribution in [2.45, 2.75) is 19.9 Å². The zero-order chi connectivity index (χ0) is 13.8. The number of benzene rings is 1. The molecule has 0 atom stereocenters. The molecule has 100 valence electrons. The standard InChI is InChI=1S/C14H14F2N2O/c1-2-11-5-9(8-17)6-14(18-11)19-13-4-3-10(15)7-12(13)16/h3-7H,2,8,17H2,1H3. The molecule has 1 heterocycles. The molecule has 0 radical (unpaired) electrons. The highest BCUT2D eigenvalue weighted by molar-refractivity contribution is 5.32.